The van der Waals surface area contributed by atoms with E-state index in [9.17, 15) is 18.0 Å². The Morgan fingerprint density at radius 1 is 1.11 bits per heavy atom. The zero-order chi connectivity index (χ0) is 20.6. The van der Waals surface area contributed by atoms with Gasteiger partial charge in [0.15, 0.2) is 5.78 Å². The minimum atomic E-state index is -4.76. The molecule has 28 heavy (non-hydrogen) atoms. The second-order valence-corrected chi connectivity index (χ2v) is 6.24. The molecule has 152 valence electrons. The number of aliphatic hydroxyl groups is 1. The van der Waals surface area contributed by atoms with E-state index in [0.29, 0.717) is 30.9 Å². The van der Waals surface area contributed by atoms with Gasteiger partial charge in [0.1, 0.15) is 11.5 Å². The number of nitrogens with zero attached hydrogens (tertiary/aromatic N) is 1. The summed E-state index contributed by atoms with van der Waals surface area (Å²) in [5, 5.41) is 8.79. The minimum Gasteiger partial charge on any atom is -0.493 e. The normalized spacial score (nSPS) is 11.5. The smallest absolute Gasteiger partial charge is 0.493 e. The standard InChI is InChI=1S/C20H22F3NO4/c1-24(13-15-4-2-5-18(12-15)27-11-3-10-25)14-19(26)16-6-8-17(9-7-16)28-20(21,22)23/h2,4-9,12,25H,3,10-11,13-14H2,1H3. The van der Waals surface area contributed by atoms with Crippen LogP contribution in [0.3, 0.4) is 0 Å². The molecule has 0 aliphatic heterocycles. The Balaban J connectivity index is 1.89. The molecule has 2 rings (SSSR count). The topological polar surface area (TPSA) is 59.0 Å². The number of benzene rings is 2. The van der Waals surface area contributed by atoms with Crippen LogP contribution in [0.4, 0.5) is 13.2 Å². The highest BCUT2D eigenvalue weighted by Gasteiger charge is 2.31. The van der Waals surface area contributed by atoms with E-state index in [0.717, 1.165) is 17.7 Å². The zero-order valence-corrected chi connectivity index (χ0v) is 15.4. The molecule has 8 heteroatoms. The average Bonchev–Trinajstić information content (AvgIpc) is 2.61. The summed E-state index contributed by atoms with van der Waals surface area (Å²) in [5.41, 5.74) is 1.26. The third-order valence-corrected chi connectivity index (χ3v) is 3.75. The van der Waals surface area contributed by atoms with E-state index in [4.69, 9.17) is 9.84 Å². The van der Waals surface area contributed by atoms with Crippen molar-refractivity contribution >= 4 is 5.78 Å². The number of Topliss-reactive ketones (excluding diaryl/α,β-unsaturated/α-hetero) is 1. The van der Waals surface area contributed by atoms with Gasteiger partial charge in [0, 0.05) is 25.1 Å². The Hall–Kier alpha value is -2.58. The highest BCUT2D eigenvalue weighted by Crippen LogP contribution is 2.23. The summed E-state index contributed by atoms with van der Waals surface area (Å²) in [4.78, 5) is 14.1. The highest BCUT2D eigenvalue weighted by atomic mass is 19.4. The molecule has 0 amide bonds. The van der Waals surface area contributed by atoms with Crippen molar-refractivity contribution in [1.82, 2.24) is 4.90 Å². The molecule has 0 aliphatic carbocycles. The van der Waals surface area contributed by atoms with Crippen molar-refractivity contribution in [3.8, 4) is 11.5 Å². The Bertz CT molecular complexity index is 763. The first-order valence-corrected chi connectivity index (χ1v) is 8.67. The Kier molecular flexibility index (Phi) is 7.83. The Labute approximate surface area is 161 Å². The number of ether oxygens (including phenoxy) is 2. The van der Waals surface area contributed by atoms with E-state index in [-0.39, 0.29) is 24.7 Å². The fourth-order valence-electron chi connectivity index (χ4n) is 2.53. The lowest BCUT2D eigenvalue weighted by atomic mass is 10.1. The predicted octanol–water partition coefficient (Wildman–Crippen LogP) is 3.66. The van der Waals surface area contributed by atoms with Crippen molar-refractivity contribution in [1.29, 1.82) is 0 Å². The maximum Gasteiger partial charge on any atom is 0.573 e. The molecule has 0 saturated carbocycles. The molecule has 0 atom stereocenters. The van der Waals surface area contributed by atoms with E-state index in [1.807, 2.05) is 24.3 Å². The molecule has 0 heterocycles. The number of rotatable bonds is 10. The van der Waals surface area contributed by atoms with Crippen LogP contribution in [-0.2, 0) is 6.54 Å². The van der Waals surface area contributed by atoms with Gasteiger partial charge in [-0.3, -0.25) is 9.69 Å². The summed E-state index contributed by atoms with van der Waals surface area (Å²) < 4.78 is 45.9. The number of hydrogen-bond donors (Lipinski definition) is 1. The van der Waals surface area contributed by atoms with Crippen molar-refractivity contribution in [3.63, 3.8) is 0 Å². The minimum absolute atomic E-state index is 0.0633. The first-order valence-electron chi connectivity index (χ1n) is 8.67. The molecule has 0 aromatic heterocycles. The predicted molar refractivity (Wildman–Crippen MR) is 97.4 cm³/mol. The first-order chi connectivity index (χ1) is 13.3. The number of likely N-dealkylation sites (N-methyl/N-ethyl adjacent to an activating group) is 1. The molecule has 0 spiro atoms. The molecule has 0 radical (unpaired) electrons. The van der Waals surface area contributed by atoms with Gasteiger partial charge in [-0.2, -0.15) is 0 Å². The summed E-state index contributed by atoms with van der Waals surface area (Å²) >= 11 is 0. The van der Waals surface area contributed by atoms with E-state index in [1.165, 1.54) is 12.1 Å². The van der Waals surface area contributed by atoms with Crippen LogP contribution < -0.4 is 9.47 Å². The molecule has 2 aromatic rings. The van der Waals surface area contributed by atoms with Gasteiger partial charge < -0.3 is 14.6 Å². The van der Waals surface area contributed by atoms with Crippen molar-refractivity contribution in [3.05, 3.63) is 59.7 Å². The maximum atomic E-state index is 12.3. The SMILES string of the molecule is CN(CC(=O)c1ccc(OC(F)(F)F)cc1)Cc1cccc(OCCCO)c1. The van der Waals surface area contributed by atoms with Gasteiger partial charge in [0.25, 0.3) is 0 Å². The van der Waals surface area contributed by atoms with Crippen LogP contribution in [0.5, 0.6) is 11.5 Å². The number of halogens is 3. The summed E-state index contributed by atoms with van der Waals surface area (Å²) in [6.07, 6.45) is -4.21. The lowest BCUT2D eigenvalue weighted by molar-refractivity contribution is -0.274. The number of carbonyl (C=O) groups excluding carboxylic acids is 1. The number of aliphatic hydroxyl groups excluding tert-OH is 1. The molecule has 2 aromatic carbocycles. The van der Waals surface area contributed by atoms with Gasteiger partial charge in [0.05, 0.1) is 13.2 Å². The molecule has 0 bridgehead atoms. The lowest BCUT2D eigenvalue weighted by Gasteiger charge is -2.17. The average molecular weight is 397 g/mol. The second-order valence-electron chi connectivity index (χ2n) is 6.24. The zero-order valence-electron chi connectivity index (χ0n) is 15.4. The van der Waals surface area contributed by atoms with Crippen LogP contribution in [0, 0.1) is 0 Å². The highest BCUT2D eigenvalue weighted by molar-refractivity contribution is 5.97. The van der Waals surface area contributed by atoms with E-state index >= 15 is 0 Å². The number of carbonyl (C=O) groups is 1. The van der Waals surface area contributed by atoms with Crippen molar-refractivity contribution < 1.29 is 32.5 Å². The monoisotopic (exact) mass is 397 g/mol. The van der Waals surface area contributed by atoms with Gasteiger partial charge in [-0.05, 0) is 49.0 Å². The lowest BCUT2D eigenvalue weighted by Crippen LogP contribution is -2.25. The van der Waals surface area contributed by atoms with Crippen LogP contribution in [0.1, 0.15) is 22.3 Å². The summed E-state index contributed by atoms with van der Waals surface area (Å²) in [5.74, 6) is 0.109. The summed E-state index contributed by atoms with van der Waals surface area (Å²) in [6.45, 7) is 1.09. The molecule has 5 nitrogen and oxygen atoms in total. The van der Waals surface area contributed by atoms with Crippen LogP contribution >= 0.6 is 0 Å². The van der Waals surface area contributed by atoms with Gasteiger partial charge in [0.2, 0.25) is 0 Å². The molecule has 0 unspecified atom stereocenters. The van der Waals surface area contributed by atoms with Gasteiger partial charge in [-0.15, -0.1) is 13.2 Å². The molecule has 1 N–H and O–H groups in total. The van der Waals surface area contributed by atoms with Crippen molar-refractivity contribution in [2.45, 2.75) is 19.3 Å². The second kappa shape index (κ2) is 10.1. The molecular weight excluding hydrogens is 375 g/mol. The van der Waals surface area contributed by atoms with E-state index in [2.05, 4.69) is 4.74 Å². The molecular formula is C20H22F3NO4. The molecule has 0 saturated heterocycles. The van der Waals surface area contributed by atoms with Crippen molar-refractivity contribution in [2.24, 2.45) is 0 Å². The fourth-order valence-corrected chi connectivity index (χ4v) is 2.53. The summed E-state index contributed by atoms with van der Waals surface area (Å²) in [7, 11) is 1.78. The van der Waals surface area contributed by atoms with Crippen LogP contribution in [0.15, 0.2) is 48.5 Å². The largest absolute Gasteiger partial charge is 0.573 e. The number of alkyl halides is 3. The van der Waals surface area contributed by atoms with Crippen LogP contribution in [0.25, 0.3) is 0 Å². The quantitative estimate of drug-likeness (QED) is 0.490. The third-order valence-electron chi connectivity index (χ3n) is 3.75. The number of ketones is 1. The van der Waals surface area contributed by atoms with Gasteiger partial charge >= 0.3 is 6.36 Å². The number of hydrogen-bond acceptors (Lipinski definition) is 5. The van der Waals surface area contributed by atoms with Crippen molar-refractivity contribution in [2.75, 3.05) is 26.8 Å². The van der Waals surface area contributed by atoms with E-state index < -0.39 is 6.36 Å². The first kappa shape index (κ1) is 21.7. The van der Waals surface area contributed by atoms with Crippen LogP contribution in [0.2, 0.25) is 0 Å². The fraction of sp³-hybridized carbons (Fsp3) is 0.350. The van der Waals surface area contributed by atoms with Gasteiger partial charge in [-0.1, -0.05) is 12.1 Å². The van der Waals surface area contributed by atoms with Gasteiger partial charge in [-0.25, -0.2) is 0 Å². The molecule has 0 aliphatic rings. The Morgan fingerprint density at radius 3 is 2.46 bits per heavy atom. The summed E-state index contributed by atoms with van der Waals surface area (Å²) in [6, 6.07) is 12.3. The third kappa shape index (κ3) is 7.58. The maximum absolute atomic E-state index is 12.3. The Morgan fingerprint density at radius 2 is 1.82 bits per heavy atom. The molecule has 0 fully saturated rings. The van der Waals surface area contributed by atoms with Crippen LogP contribution in [-0.4, -0.2) is 49.0 Å². The van der Waals surface area contributed by atoms with E-state index in [1.54, 1.807) is 11.9 Å².